The summed E-state index contributed by atoms with van der Waals surface area (Å²) >= 11 is 12.2. The van der Waals surface area contributed by atoms with Crippen molar-refractivity contribution in [3.05, 3.63) is 51.8 Å². The monoisotopic (exact) mass is 491 g/mol. The van der Waals surface area contributed by atoms with Crippen LogP contribution < -0.4 is 0 Å². The van der Waals surface area contributed by atoms with Crippen LogP contribution in [0, 0.1) is 0 Å². The van der Waals surface area contributed by atoms with Crippen molar-refractivity contribution >= 4 is 35.0 Å². The molecule has 0 radical (unpaired) electrons. The van der Waals surface area contributed by atoms with E-state index in [4.69, 9.17) is 27.9 Å². The highest BCUT2D eigenvalue weighted by Crippen LogP contribution is 2.31. The van der Waals surface area contributed by atoms with E-state index < -0.39 is 0 Å². The molecule has 3 atom stereocenters. The van der Waals surface area contributed by atoms with Crippen LogP contribution in [-0.2, 0) is 16.0 Å². The summed E-state index contributed by atoms with van der Waals surface area (Å²) in [5.41, 5.74) is 1.21. The lowest BCUT2D eigenvalue weighted by molar-refractivity contribution is -0.149. The number of likely N-dealkylation sites (tertiary alicyclic amines) is 1. The number of nitrogens with one attached hydrogen (secondary N) is 1. The molecule has 176 valence electrons. The van der Waals surface area contributed by atoms with Gasteiger partial charge < -0.3 is 14.5 Å². The van der Waals surface area contributed by atoms with E-state index in [1.165, 1.54) is 0 Å². The molecule has 1 aromatic carbocycles. The first-order chi connectivity index (χ1) is 16.0. The lowest BCUT2D eigenvalue weighted by atomic mass is 9.90. The van der Waals surface area contributed by atoms with Crippen molar-refractivity contribution < 1.29 is 14.3 Å². The molecule has 8 nitrogen and oxygen atoms in total. The Morgan fingerprint density at radius 2 is 1.76 bits per heavy atom. The Bertz CT molecular complexity index is 1010. The van der Waals surface area contributed by atoms with E-state index >= 15 is 0 Å². The van der Waals surface area contributed by atoms with Gasteiger partial charge in [0.2, 0.25) is 5.91 Å². The van der Waals surface area contributed by atoms with Gasteiger partial charge in [0.15, 0.2) is 0 Å². The quantitative estimate of drug-likeness (QED) is 0.710. The number of hydrogen-bond donors (Lipinski definition) is 1. The van der Waals surface area contributed by atoms with E-state index in [1.807, 2.05) is 15.9 Å². The van der Waals surface area contributed by atoms with Crippen LogP contribution in [0.15, 0.2) is 30.5 Å². The van der Waals surface area contributed by atoms with E-state index in [2.05, 4.69) is 15.1 Å². The van der Waals surface area contributed by atoms with Crippen LogP contribution in [0.3, 0.4) is 0 Å². The third-order valence-corrected chi connectivity index (χ3v) is 7.70. The van der Waals surface area contributed by atoms with Gasteiger partial charge in [0, 0.05) is 19.3 Å². The van der Waals surface area contributed by atoms with Crippen LogP contribution in [0.5, 0.6) is 0 Å². The van der Waals surface area contributed by atoms with Crippen LogP contribution >= 0.6 is 23.2 Å². The van der Waals surface area contributed by atoms with Crippen LogP contribution in [0.25, 0.3) is 0 Å². The van der Waals surface area contributed by atoms with Gasteiger partial charge in [-0.1, -0.05) is 29.3 Å². The number of ether oxygens (including phenoxy) is 1. The summed E-state index contributed by atoms with van der Waals surface area (Å²) in [4.78, 5) is 33.0. The number of aromatic amines is 1. The summed E-state index contributed by atoms with van der Waals surface area (Å²) < 4.78 is 6.00. The number of hydrogen-bond acceptors (Lipinski definition) is 5. The second-order valence-electron chi connectivity index (χ2n) is 8.88. The predicted molar refractivity (Wildman–Crippen MR) is 124 cm³/mol. The number of carbonyl (C=O) groups is 2. The number of aromatic nitrogens is 2. The first-order valence-electron chi connectivity index (χ1n) is 11.4. The molecule has 3 fully saturated rings. The highest BCUT2D eigenvalue weighted by molar-refractivity contribution is 6.42. The fourth-order valence-corrected chi connectivity index (χ4v) is 5.69. The van der Waals surface area contributed by atoms with Crippen molar-refractivity contribution in [1.29, 1.82) is 0 Å². The second-order valence-corrected chi connectivity index (χ2v) is 9.69. The first kappa shape index (κ1) is 22.7. The normalized spacial score (nSPS) is 25.8. The molecule has 33 heavy (non-hydrogen) atoms. The molecule has 3 aliphatic heterocycles. The van der Waals surface area contributed by atoms with Gasteiger partial charge in [-0.15, -0.1) is 0 Å². The number of amides is 2. The van der Waals surface area contributed by atoms with Crippen LogP contribution in [0.1, 0.15) is 28.9 Å². The standard InChI is InChI=1S/C23H27Cl2N5O3/c24-16-4-3-15(11-17(16)25)12-21(31)30-10-9-29(23(32)18-5-6-26-27-18)20-14-33-13-19(22(20)30)28-7-1-2-8-28/h3-6,11,19-20,22H,1-2,7-10,12-14H2,(H,26,27)/t19?,20?,22-/m1/s1. The molecular weight excluding hydrogens is 465 g/mol. The van der Waals surface area contributed by atoms with Gasteiger partial charge in [-0.3, -0.25) is 19.6 Å². The Balaban J connectivity index is 1.42. The molecule has 4 heterocycles. The van der Waals surface area contributed by atoms with Gasteiger partial charge in [0.1, 0.15) is 5.69 Å². The topological polar surface area (TPSA) is 81.8 Å². The van der Waals surface area contributed by atoms with Crippen molar-refractivity contribution in [3.8, 4) is 0 Å². The third kappa shape index (κ3) is 4.49. The van der Waals surface area contributed by atoms with Gasteiger partial charge in [0.05, 0.1) is 47.8 Å². The zero-order valence-corrected chi connectivity index (χ0v) is 19.8. The van der Waals surface area contributed by atoms with Crippen molar-refractivity contribution in [1.82, 2.24) is 24.9 Å². The number of fused-ring (bicyclic) bond motifs is 1. The molecule has 0 spiro atoms. The Kier molecular flexibility index (Phi) is 6.60. The number of halogens is 2. The first-order valence-corrected chi connectivity index (χ1v) is 12.1. The molecule has 2 amide bonds. The third-order valence-electron chi connectivity index (χ3n) is 6.96. The number of carbonyl (C=O) groups excluding carboxylic acids is 2. The fraction of sp³-hybridized carbons (Fsp3) is 0.522. The zero-order valence-electron chi connectivity index (χ0n) is 18.3. The van der Waals surface area contributed by atoms with E-state index in [-0.39, 0.29) is 36.4 Å². The molecule has 0 saturated carbocycles. The van der Waals surface area contributed by atoms with Crippen LogP contribution in [0.2, 0.25) is 10.0 Å². The largest absolute Gasteiger partial charge is 0.378 e. The Labute approximate surface area is 202 Å². The minimum Gasteiger partial charge on any atom is -0.378 e. The van der Waals surface area contributed by atoms with Gasteiger partial charge in [-0.2, -0.15) is 5.10 Å². The molecule has 1 N–H and O–H groups in total. The van der Waals surface area contributed by atoms with Crippen LogP contribution in [0.4, 0.5) is 0 Å². The summed E-state index contributed by atoms with van der Waals surface area (Å²) in [7, 11) is 0. The van der Waals surface area contributed by atoms with E-state index in [1.54, 1.807) is 24.4 Å². The number of nitrogens with zero attached hydrogens (tertiary/aromatic N) is 4. The zero-order chi connectivity index (χ0) is 22.9. The lowest BCUT2D eigenvalue weighted by Gasteiger charge is -2.54. The van der Waals surface area contributed by atoms with Crippen molar-refractivity contribution in [2.45, 2.75) is 37.4 Å². The van der Waals surface area contributed by atoms with Crippen LogP contribution in [-0.4, -0.2) is 94.2 Å². The highest BCUT2D eigenvalue weighted by Gasteiger charge is 2.49. The SMILES string of the molecule is O=C(c1cc[nH]n1)N1CCN(C(=O)Cc2ccc(Cl)c(Cl)c2)[C@@H]2C(N3CCCC3)COCC21. The second kappa shape index (κ2) is 9.62. The summed E-state index contributed by atoms with van der Waals surface area (Å²) in [6.45, 7) is 3.85. The Morgan fingerprint density at radius 3 is 2.48 bits per heavy atom. The number of piperazine rings is 1. The summed E-state index contributed by atoms with van der Waals surface area (Å²) in [6, 6.07) is 6.68. The van der Waals surface area contributed by atoms with Gasteiger partial charge in [0.25, 0.3) is 5.91 Å². The van der Waals surface area contributed by atoms with E-state index in [0.29, 0.717) is 42.0 Å². The summed E-state index contributed by atoms with van der Waals surface area (Å²) in [5.74, 6) is -0.102. The van der Waals surface area contributed by atoms with Crippen molar-refractivity contribution in [2.75, 3.05) is 39.4 Å². The fourth-order valence-electron chi connectivity index (χ4n) is 5.37. The Hall–Kier alpha value is -2.13. The molecule has 3 aliphatic rings. The molecular formula is C23H27Cl2N5O3. The minimum atomic E-state index is -0.222. The molecule has 1 aromatic heterocycles. The molecule has 0 bridgehead atoms. The van der Waals surface area contributed by atoms with Gasteiger partial charge in [-0.05, 0) is 49.7 Å². The molecule has 5 rings (SSSR count). The summed E-state index contributed by atoms with van der Waals surface area (Å²) in [6.07, 6.45) is 4.16. The molecule has 0 aliphatic carbocycles. The smallest absolute Gasteiger partial charge is 0.274 e. The van der Waals surface area contributed by atoms with Crippen molar-refractivity contribution in [2.24, 2.45) is 0 Å². The minimum absolute atomic E-state index is 0.0290. The molecule has 2 unspecified atom stereocenters. The highest BCUT2D eigenvalue weighted by atomic mass is 35.5. The maximum Gasteiger partial charge on any atom is 0.274 e. The summed E-state index contributed by atoms with van der Waals surface area (Å²) in [5, 5.41) is 7.71. The molecule has 3 saturated heterocycles. The maximum absolute atomic E-state index is 13.6. The molecule has 10 heteroatoms. The predicted octanol–water partition coefficient (Wildman–Crippen LogP) is 2.48. The van der Waals surface area contributed by atoms with E-state index in [0.717, 1.165) is 31.5 Å². The van der Waals surface area contributed by atoms with E-state index in [9.17, 15) is 9.59 Å². The molecule has 2 aromatic rings. The average Bonchev–Trinajstić information content (AvgIpc) is 3.54. The number of benzene rings is 1. The average molecular weight is 492 g/mol. The van der Waals surface area contributed by atoms with Crippen molar-refractivity contribution in [3.63, 3.8) is 0 Å². The Morgan fingerprint density at radius 1 is 1.00 bits per heavy atom. The van der Waals surface area contributed by atoms with Gasteiger partial charge in [-0.25, -0.2) is 0 Å². The van der Waals surface area contributed by atoms with Gasteiger partial charge >= 0.3 is 0 Å². The number of H-pyrrole nitrogens is 1. The number of rotatable bonds is 4. The maximum atomic E-state index is 13.6. The lowest BCUT2D eigenvalue weighted by Crippen LogP contribution is -2.72.